The first-order valence-corrected chi connectivity index (χ1v) is 6.32. The van der Waals surface area contributed by atoms with Crippen LogP contribution in [0.15, 0.2) is 12.3 Å². The van der Waals surface area contributed by atoms with Crippen LogP contribution in [0, 0.1) is 0 Å². The molecule has 78 valence electrons. The molecule has 1 fully saturated rings. The van der Waals surface area contributed by atoms with Crippen LogP contribution in [0.1, 0.15) is 49.2 Å². The summed E-state index contributed by atoms with van der Waals surface area (Å²) in [6.45, 7) is 4.39. The molecule has 0 bridgehead atoms. The Balaban J connectivity index is 2.20. The monoisotopic (exact) mass is 218 g/mol. The van der Waals surface area contributed by atoms with E-state index < -0.39 is 0 Å². The molecule has 0 aromatic carbocycles. The van der Waals surface area contributed by atoms with Gasteiger partial charge in [-0.05, 0) is 18.9 Å². The molecule has 3 rings (SSSR count). The van der Waals surface area contributed by atoms with Gasteiger partial charge in [0.15, 0.2) is 0 Å². The lowest BCUT2D eigenvalue weighted by atomic mass is 10.2. The van der Waals surface area contributed by atoms with Crippen LogP contribution in [0.25, 0.3) is 10.2 Å². The van der Waals surface area contributed by atoms with Crippen molar-refractivity contribution in [2.24, 2.45) is 0 Å². The summed E-state index contributed by atoms with van der Waals surface area (Å²) in [5.74, 6) is 1.21. The average Bonchev–Trinajstić information content (AvgIpc) is 2.95. The molecule has 1 saturated carbocycles. The Morgan fingerprint density at radius 1 is 1.40 bits per heavy atom. The van der Waals surface area contributed by atoms with Gasteiger partial charge in [0.2, 0.25) is 0 Å². The maximum Gasteiger partial charge on any atom is 0.103 e. The van der Waals surface area contributed by atoms with Crippen LogP contribution in [0.5, 0.6) is 0 Å². The van der Waals surface area contributed by atoms with Gasteiger partial charge in [0.1, 0.15) is 5.52 Å². The highest BCUT2D eigenvalue weighted by molar-refractivity contribution is 7.18. The zero-order valence-electron chi connectivity index (χ0n) is 9.03. The summed E-state index contributed by atoms with van der Waals surface area (Å²) in [4.78, 5) is 9.22. The van der Waals surface area contributed by atoms with Crippen LogP contribution in [0.4, 0.5) is 0 Å². The number of pyridine rings is 1. The van der Waals surface area contributed by atoms with Crippen molar-refractivity contribution in [1.29, 1.82) is 0 Å². The number of aromatic nitrogens is 2. The minimum absolute atomic E-state index is 0.523. The predicted octanol–water partition coefficient (Wildman–Crippen LogP) is 3.69. The molecule has 1 aliphatic carbocycles. The Hall–Kier alpha value is -0.960. The number of rotatable bonds is 2. The summed E-state index contributed by atoms with van der Waals surface area (Å²) in [7, 11) is 0. The minimum Gasteiger partial charge on any atom is -0.259 e. The third-order valence-corrected chi connectivity index (χ3v) is 4.13. The highest BCUT2D eigenvalue weighted by atomic mass is 32.1. The van der Waals surface area contributed by atoms with Crippen molar-refractivity contribution in [3.05, 3.63) is 23.0 Å². The lowest BCUT2D eigenvalue weighted by Gasteiger charge is -1.97. The maximum absolute atomic E-state index is 4.73. The first-order valence-electron chi connectivity index (χ1n) is 5.51. The van der Waals surface area contributed by atoms with Crippen molar-refractivity contribution in [2.45, 2.75) is 38.5 Å². The van der Waals surface area contributed by atoms with Gasteiger partial charge in [0, 0.05) is 18.0 Å². The van der Waals surface area contributed by atoms with E-state index in [1.54, 1.807) is 0 Å². The van der Waals surface area contributed by atoms with Gasteiger partial charge in [-0.25, -0.2) is 4.98 Å². The van der Waals surface area contributed by atoms with E-state index in [0.717, 1.165) is 5.52 Å². The average molecular weight is 218 g/mol. The fourth-order valence-corrected chi connectivity index (χ4v) is 2.77. The summed E-state index contributed by atoms with van der Waals surface area (Å²) < 4.78 is 1.30. The van der Waals surface area contributed by atoms with Gasteiger partial charge < -0.3 is 0 Å². The Labute approximate surface area is 93.4 Å². The van der Waals surface area contributed by atoms with Crippen LogP contribution >= 0.6 is 11.3 Å². The Morgan fingerprint density at radius 2 is 2.20 bits per heavy atom. The van der Waals surface area contributed by atoms with Crippen molar-refractivity contribution in [1.82, 2.24) is 9.97 Å². The summed E-state index contributed by atoms with van der Waals surface area (Å²) in [5.41, 5.74) is 2.39. The van der Waals surface area contributed by atoms with Gasteiger partial charge in [-0.2, -0.15) is 0 Å². The zero-order valence-corrected chi connectivity index (χ0v) is 9.84. The van der Waals surface area contributed by atoms with Crippen molar-refractivity contribution >= 4 is 21.6 Å². The molecule has 0 unspecified atom stereocenters. The molecule has 0 spiro atoms. The van der Waals surface area contributed by atoms with Crippen molar-refractivity contribution in [2.75, 3.05) is 0 Å². The molecular formula is C12H14N2S. The smallest absolute Gasteiger partial charge is 0.103 e. The maximum atomic E-state index is 4.73. The molecule has 0 amide bonds. The summed E-state index contributed by atoms with van der Waals surface area (Å²) in [6.07, 6.45) is 4.51. The van der Waals surface area contributed by atoms with E-state index in [9.17, 15) is 0 Å². The molecule has 0 radical (unpaired) electrons. The van der Waals surface area contributed by atoms with E-state index in [1.807, 2.05) is 17.5 Å². The SMILES string of the molecule is CC(C)c1nc2c(C3CC3)nccc2s1. The molecule has 2 heterocycles. The zero-order chi connectivity index (χ0) is 10.4. The third-order valence-electron chi connectivity index (χ3n) is 2.81. The van der Waals surface area contributed by atoms with E-state index in [-0.39, 0.29) is 0 Å². The molecule has 0 atom stereocenters. The van der Waals surface area contributed by atoms with Crippen molar-refractivity contribution in [3.63, 3.8) is 0 Å². The quantitative estimate of drug-likeness (QED) is 0.768. The van der Waals surface area contributed by atoms with Crippen LogP contribution in [0.2, 0.25) is 0 Å². The molecule has 15 heavy (non-hydrogen) atoms. The van der Waals surface area contributed by atoms with Crippen LogP contribution in [0.3, 0.4) is 0 Å². The second-order valence-corrected chi connectivity index (χ2v) is 5.59. The molecule has 2 nitrogen and oxygen atoms in total. The number of hydrogen-bond donors (Lipinski definition) is 0. The van der Waals surface area contributed by atoms with Gasteiger partial charge in [-0.1, -0.05) is 13.8 Å². The van der Waals surface area contributed by atoms with Crippen molar-refractivity contribution < 1.29 is 0 Å². The van der Waals surface area contributed by atoms with Crippen molar-refractivity contribution in [3.8, 4) is 0 Å². The first kappa shape index (κ1) is 9.28. The van der Waals surface area contributed by atoms with Crippen LogP contribution < -0.4 is 0 Å². The van der Waals surface area contributed by atoms with E-state index in [2.05, 4.69) is 24.9 Å². The second-order valence-electron chi connectivity index (χ2n) is 4.52. The summed E-state index contributed by atoms with van der Waals surface area (Å²) in [6, 6.07) is 2.09. The summed E-state index contributed by atoms with van der Waals surface area (Å²) in [5, 5.41) is 1.24. The topological polar surface area (TPSA) is 25.8 Å². The lowest BCUT2D eigenvalue weighted by Crippen LogP contribution is -1.88. The molecular weight excluding hydrogens is 204 g/mol. The highest BCUT2D eigenvalue weighted by Crippen LogP contribution is 2.42. The van der Waals surface area contributed by atoms with Gasteiger partial charge >= 0.3 is 0 Å². The Morgan fingerprint density at radius 3 is 2.87 bits per heavy atom. The fraction of sp³-hybridized carbons (Fsp3) is 0.500. The molecule has 3 heteroatoms. The van der Waals surface area contributed by atoms with E-state index in [4.69, 9.17) is 4.98 Å². The van der Waals surface area contributed by atoms with Crippen LogP contribution in [-0.4, -0.2) is 9.97 Å². The number of thiazole rings is 1. The van der Waals surface area contributed by atoms with Gasteiger partial charge in [-0.3, -0.25) is 4.98 Å². The van der Waals surface area contributed by atoms with Gasteiger partial charge in [0.25, 0.3) is 0 Å². The Bertz CT molecular complexity index is 497. The van der Waals surface area contributed by atoms with E-state index in [1.165, 1.54) is 28.2 Å². The number of nitrogens with zero attached hydrogens (tertiary/aromatic N) is 2. The summed E-state index contributed by atoms with van der Waals surface area (Å²) >= 11 is 1.81. The van der Waals surface area contributed by atoms with E-state index >= 15 is 0 Å². The number of fused-ring (bicyclic) bond motifs is 1. The highest BCUT2D eigenvalue weighted by Gasteiger charge is 2.28. The molecule has 0 aliphatic heterocycles. The first-order chi connectivity index (χ1) is 7.25. The number of hydrogen-bond acceptors (Lipinski definition) is 3. The molecule has 2 aromatic rings. The standard InChI is InChI=1S/C12H14N2S/c1-7(2)12-14-11-9(15-12)5-6-13-10(11)8-3-4-8/h5-8H,3-4H2,1-2H3. The largest absolute Gasteiger partial charge is 0.259 e. The van der Waals surface area contributed by atoms with Gasteiger partial charge in [-0.15, -0.1) is 11.3 Å². The van der Waals surface area contributed by atoms with Crippen LogP contribution in [-0.2, 0) is 0 Å². The second kappa shape index (κ2) is 3.27. The molecule has 2 aromatic heterocycles. The van der Waals surface area contributed by atoms with E-state index in [0.29, 0.717) is 11.8 Å². The Kier molecular flexibility index (Phi) is 2.02. The minimum atomic E-state index is 0.523. The normalized spacial score (nSPS) is 16.5. The predicted molar refractivity (Wildman–Crippen MR) is 63.5 cm³/mol. The fourth-order valence-electron chi connectivity index (χ4n) is 1.79. The third kappa shape index (κ3) is 1.55. The lowest BCUT2D eigenvalue weighted by molar-refractivity contribution is 0.855. The van der Waals surface area contributed by atoms with Gasteiger partial charge in [0.05, 0.1) is 15.4 Å². The molecule has 1 aliphatic rings. The molecule has 0 saturated heterocycles. The molecule has 0 N–H and O–H groups in total.